The second-order valence-electron chi connectivity index (χ2n) is 4.88. The van der Waals surface area contributed by atoms with E-state index in [0.29, 0.717) is 0 Å². The zero-order chi connectivity index (χ0) is 12.2. The predicted octanol–water partition coefficient (Wildman–Crippen LogP) is 2.01. The third-order valence-electron chi connectivity index (χ3n) is 3.56. The predicted molar refractivity (Wildman–Crippen MR) is 71.1 cm³/mol. The molecule has 2 N–H and O–H groups in total. The van der Waals surface area contributed by atoms with Crippen molar-refractivity contribution in [3.63, 3.8) is 0 Å². The van der Waals surface area contributed by atoms with Gasteiger partial charge in [0.25, 0.3) is 0 Å². The van der Waals surface area contributed by atoms with Crippen LogP contribution in [-0.2, 0) is 6.42 Å². The Morgan fingerprint density at radius 1 is 1.17 bits per heavy atom. The van der Waals surface area contributed by atoms with Crippen molar-refractivity contribution in [2.24, 2.45) is 5.92 Å². The van der Waals surface area contributed by atoms with E-state index >= 15 is 0 Å². The molecule has 0 radical (unpaired) electrons. The van der Waals surface area contributed by atoms with Gasteiger partial charge in [-0.3, -0.25) is 4.98 Å². The van der Waals surface area contributed by atoms with Crippen LogP contribution >= 0.6 is 0 Å². The molecule has 0 aromatic carbocycles. The van der Waals surface area contributed by atoms with Gasteiger partial charge in [-0.2, -0.15) is 0 Å². The Labute approximate surface area is 107 Å². The standard InChI is InChI=1S/C14H18N4/c1-5-15-6-2-11(1)9-14-17-10-13(18-14)12-3-7-16-8-4-12/h3-4,7-8,10-11,15H,1-2,5-6,9H2,(H,17,18). The SMILES string of the molecule is c1cc(-c2cnc(CC3CCNCC3)[nH]2)ccn1. The molecule has 0 spiro atoms. The summed E-state index contributed by atoms with van der Waals surface area (Å²) in [5, 5.41) is 3.39. The summed E-state index contributed by atoms with van der Waals surface area (Å²) in [5.74, 6) is 1.87. The van der Waals surface area contributed by atoms with E-state index in [1.165, 1.54) is 12.8 Å². The van der Waals surface area contributed by atoms with Crippen molar-refractivity contribution in [2.45, 2.75) is 19.3 Å². The fourth-order valence-electron chi connectivity index (χ4n) is 2.50. The summed E-state index contributed by atoms with van der Waals surface area (Å²) in [6.45, 7) is 2.28. The number of pyridine rings is 1. The summed E-state index contributed by atoms with van der Waals surface area (Å²) in [4.78, 5) is 11.9. The topological polar surface area (TPSA) is 53.6 Å². The largest absolute Gasteiger partial charge is 0.342 e. The molecule has 2 aromatic heterocycles. The Kier molecular flexibility index (Phi) is 3.37. The van der Waals surface area contributed by atoms with Crippen molar-refractivity contribution < 1.29 is 0 Å². The van der Waals surface area contributed by atoms with E-state index in [0.717, 1.165) is 42.5 Å². The van der Waals surface area contributed by atoms with Crippen LogP contribution in [0.4, 0.5) is 0 Å². The Morgan fingerprint density at radius 3 is 2.72 bits per heavy atom. The molecule has 1 aliphatic heterocycles. The molecule has 94 valence electrons. The molecule has 0 atom stereocenters. The molecule has 0 amide bonds. The van der Waals surface area contributed by atoms with Gasteiger partial charge in [0, 0.05) is 24.4 Å². The van der Waals surface area contributed by atoms with E-state index < -0.39 is 0 Å². The normalized spacial score (nSPS) is 16.9. The lowest BCUT2D eigenvalue weighted by molar-refractivity contribution is 0.368. The van der Waals surface area contributed by atoms with Crippen molar-refractivity contribution >= 4 is 0 Å². The molecule has 4 heteroatoms. The number of hydrogen-bond donors (Lipinski definition) is 2. The third-order valence-corrected chi connectivity index (χ3v) is 3.56. The van der Waals surface area contributed by atoms with Gasteiger partial charge in [0.15, 0.2) is 0 Å². The number of nitrogens with zero attached hydrogens (tertiary/aromatic N) is 2. The molecule has 2 aromatic rings. The zero-order valence-electron chi connectivity index (χ0n) is 10.4. The highest BCUT2D eigenvalue weighted by atomic mass is 14.9. The summed E-state index contributed by atoms with van der Waals surface area (Å²) in [6.07, 6.45) is 9.11. The molecule has 1 fully saturated rings. The van der Waals surface area contributed by atoms with Crippen LogP contribution in [0.2, 0.25) is 0 Å². The molecule has 1 aliphatic rings. The monoisotopic (exact) mass is 242 g/mol. The molecule has 0 aliphatic carbocycles. The number of nitrogens with one attached hydrogen (secondary N) is 2. The van der Waals surface area contributed by atoms with Gasteiger partial charge in [-0.1, -0.05) is 0 Å². The van der Waals surface area contributed by atoms with Gasteiger partial charge in [0.1, 0.15) is 5.82 Å². The minimum Gasteiger partial charge on any atom is -0.342 e. The zero-order valence-corrected chi connectivity index (χ0v) is 10.4. The Bertz CT molecular complexity index is 486. The number of imidazole rings is 1. The number of aromatic nitrogens is 3. The van der Waals surface area contributed by atoms with Crippen LogP contribution < -0.4 is 5.32 Å². The van der Waals surface area contributed by atoms with Gasteiger partial charge < -0.3 is 10.3 Å². The Balaban J connectivity index is 1.69. The van der Waals surface area contributed by atoms with Crippen LogP contribution in [0.25, 0.3) is 11.3 Å². The van der Waals surface area contributed by atoms with E-state index in [2.05, 4.69) is 20.3 Å². The molecule has 3 rings (SSSR count). The fourth-order valence-corrected chi connectivity index (χ4v) is 2.50. The molecular formula is C14H18N4. The lowest BCUT2D eigenvalue weighted by Crippen LogP contribution is -2.28. The second-order valence-corrected chi connectivity index (χ2v) is 4.88. The van der Waals surface area contributed by atoms with Gasteiger partial charge in [-0.25, -0.2) is 4.98 Å². The lowest BCUT2D eigenvalue weighted by Gasteiger charge is -2.21. The highest BCUT2D eigenvalue weighted by Crippen LogP contribution is 2.19. The smallest absolute Gasteiger partial charge is 0.106 e. The first-order valence-electron chi connectivity index (χ1n) is 6.57. The van der Waals surface area contributed by atoms with Crippen molar-refractivity contribution in [1.29, 1.82) is 0 Å². The number of aromatic amines is 1. The maximum Gasteiger partial charge on any atom is 0.106 e. The first-order valence-corrected chi connectivity index (χ1v) is 6.57. The van der Waals surface area contributed by atoms with E-state index in [-0.39, 0.29) is 0 Å². The van der Waals surface area contributed by atoms with Crippen LogP contribution in [0.1, 0.15) is 18.7 Å². The van der Waals surface area contributed by atoms with Crippen LogP contribution in [0.3, 0.4) is 0 Å². The quantitative estimate of drug-likeness (QED) is 0.865. The number of rotatable bonds is 3. The average molecular weight is 242 g/mol. The van der Waals surface area contributed by atoms with Crippen LogP contribution in [0.15, 0.2) is 30.7 Å². The lowest BCUT2D eigenvalue weighted by atomic mass is 9.94. The van der Waals surface area contributed by atoms with E-state index in [4.69, 9.17) is 0 Å². The minimum absolute atomic E-state index is 0.766. The third kappa shape index (κ3) is 2.59. The molecular weight excluding hydrogens is 224 g/mol. The highest BCUT2D eigenvalue weighted by molar-refractivity contribution is 5.57. The van der Waals surface area contributed by atoms with Crippen molar-refractivity contribution in [1.82, 2.24) is 20.3 Å². The summed E-state index contributed by atoms with van der Waals surface area (Å²) in [6, 6.07) is 4.00. The molecule has 0 unspecified atom stereocenters. The van der Waals surface area contributed by atoms with E-state index in [1.54, 1.807) is 0 Å². The van der Waals surface area contributed by atoms with Crippen LogP contribution in [0.5, 0.6) is 0 Å². The Hall–Kier alpha value is -1.68. The highest BCUT2D eigenvalue weighted by Gasteiger charge is 2.15. The number of piperidine rings is 1. The van der Waals surface area contributed by atoms with Gasteiger partial charge >= 0.3 is 0 Å². The maximum absolute atomic E-state index is 4.49. The first-order chi connectivity index (χ1) is 8.92. The van der Waals surface area contributed by atoms with Crippen molar-refractivity contribution in [3.8, 4) is 11.3 Å². The Morgan fingerprint density at radius 2 is 1.94 bits per heavy atom. The van der Waals surface area contributed by atoms with Gasteiger partial charge in [-0.15, -0.1) is 0 Å². The molecule has 1 saturated heterocycles. The average Bonchev–Trinajstić information content (AvgIpc) is 2.89. The summed E-state index contributed by atoms with van der Waals surface area (Å²) < 4.78 is 0. The van der Waals surface area contributed by atoms with Crippen LogP contribution in [-0.4, -0.2) is 28.0 Å². The van der Waals surface area contributed by atoms with Crippen molar-refractivity contribution in [3.05, 3.63) is 36.5 Å². The fraction of sp³-hybridized carbons (Fsp3) is 0.429. The van der Waals surface area contributed by atoms with Gasteiger partial charge in [0.05, 0.1) is 11.9 Å². The van der Waals surface area contributed by atoms with Gasteiger partial charge in [-0.05, 0) is 44.0 Å². The number of hydrogen-bond acceptors (Lipinski definition) is 3. The number of H-pyrrole nitrogens is 1. The first kappa shape index (κ1) is 11.4. The molecule has 0 bridgehead atoms. The van der Waals surface area contributed by atoms with E-state index in [1.807, 2.05) is 30.7 Å². The summed E-state index contributed by atoms with van der Waals surface area (Å²) in [7, 11) is 0. The minimum atomic E-state index is 0.766. The second kappa shape index (κ2) is 5.31. The molecule has 18 heavy (non-hydrogen) atoms. The summed E-state index contributed by atoms with van der Waals surface area (Å²) >= 11 is 0. The van der Waals surface area contributed by atoms with Crippen LogP contribution in [0, 0.1) is 5.92 Å². The maximum atomic E-state index is 4.49. The summed E-state index contributed by atoms with van der Waals surface area (Å²) in [5.41, 5.74) is 2.23. The van der Waals surface area contributed by atoms with Gasteiger partial charge in [0.2, 0.25) is 0 Å². The molecule has 0 saturated carbocycles. The molecule has 3 heterocycles. The van der Waals surface area contributed by atoms with Crippen molar-refractivity contribution in [2.75, 3.05) is 13.1 Å². The van der Waals surface area contributed by atoms with E-state index in [9.17, 15) is 0 Å². The molecule has 4 nitrogen and oxygen atoms in total.